The maximum atomic E-state index is 12.4. The number of nitrogens with two attached hydrogens (primary N) is 1. The number of halogens is 2. The summed E-state index contributed by atoms with van der Waals surface area (Å²) in [5.41, 5.74) is 7.43. The van der Waals surface area contributed by atoms with Gasteiger partial charge in [-0.15, -0.1) is 36.2 Å². The summed E-state index contributed by atoms with van der Waals surface area (Å²) in [5.74, 6) is 0.516. The van der Waals surface area contributed by atoms with E-state index in [1.165, 1.54) is 16.9 Å². The second kappa shape index (κ2) is 10.8. The summed E-state index contributed by atoms with van der Waals surface area (Å²) < 4.78 is 0. The number of likely N-dealkylation sites (tertiary alicyclic amines) is 1. The molecule has 1 fully saturated rings. The van der Waals surface area contributed by atoms with Crippen molar-refractivity contribution in [3.8, 4) is 0 Å². The largest absolute Gasteiger partial charge is 0.340 e. The summed E-state index contributed by atoms with van der Waals surface area (Å²) in [7, 11) is 1.86. The third kappa shape index (κ3) is 5.93. The van der Waals surface area contributed by atoms with Crippen molar-refractivity contribution in [2.45, 2.75) is 19.5 Å². The van der Waals surface area contributed by atoms with Crippen molar-refractivity contribution in [3.63, 3.8) is 0 Å². The topological polar surface area (TPSA) is 62.5 Å². The van der Waals surface area contributed by atoms with Crippen LogP contribution in [0.5, 0.6) is 0 Å². The lowest BCUT2D eigenvalue weighted by atomic mass is 10.1. The number of benzene rings is 1. The van der Waals surface area contributed by atoms with Crippen molar-refractivity contribution >= 4 is 42.1 Å². The predicted molar refractivity (Wildman–Crippen MR) is 111 cm³/mol. The van der Waals surface area contributed by atoms with Gasteiger partial charge in [0.2, 0.25) is 0 Å². The zero-order valence-corrected chi connectivity index (χ0v) is 17.3. The number of rotatable bonds is 6. The molecule has 144 valence electrons. The third-order valence-electron chi connectivity index (χ3n) is 4.44. The summed E-state index contributed by atoms with van der Waals surface area (Å²) in [6.07, 6.45) is 1.13. The summed E-state index contributed by atoms with van der Waals surface area (Å²) in [6.45, 7) is 4.28. The second-order valence-electron chi connectivity index (χ2n) is 6.39. The van der Waals surface area contributed by atoms with Crippen LogP contribution in [-0.4, -0.2) is 47.4 Å². The van der Waals surface area contributed by atoms with Crippen LogP contribution in [0.1, 0.15) is 27.5 Å². The molecule has 1 saturated heterocycles. The third-order valence-corrected chi connectivity index (χ3v) is 5.31. The Balaban J connectivity index is 0.00000169. The molecule has 1 aliphatic rings. The minimum absolute atomic E-state index is 0. The molecule has 0 radical (unpaired) electrons. The lowest BCUT2D eigenvalue weighted by molar-refractivity contribution is 0.0768. The van der Waals surface area contributed by atoms with Crippen LogP contribution in [0.15, 0.2) is 35.7 Å². The van der Waals surface area contributed by atoms with Gasteiger partial charge in [-0.05, 0) is 24.4 Å². The van der Waals surface area contributed by atoms with E-state index in [0.29, 0.717) is 18.2 Å². The van der Waals surface area contributed by atoms with E-state index in [9.17, 15) is 4.79 Å². The Labute approximate surface area is 171 Å². The lowest BCUT2D eigenvalue weighted by Gasteiger charge is -2.21. The van der Waals surface area contributed by atoms with Crippen LogP contribution in [0.4, 0.5) is 0 Å². The Morgan fingerprint density at radius 1 is 1.35 bits per heavy atom. The molecule has 26 heavy (non-hydrogen) atoms. The van der Waals surface area contributed by atoms with E-state index in [2.05, 4.69) is 34.1 Å². The average molecular weight is 417 g/mol. The SMILES string of the molecule is CN(CC1CCN(Cc2ccccc2)C1)C(=O)c1csc(CN)n1.Cl.Cl. The summed E-state index contributed by atoms with van der Waals surface area (Å²) in [4.78, 5) is 21.0. The van der Waals surface area contributed by atoms with Gasteiger partial charge in [0.05, 0.1) is 0 Å². The molecule has 5 nitrogen and oxygen atoms in total. The van der Waals surface area contributed by atoms with Gasteiger partial charge in [-0.3, -0.25) is 9.69 Å². The first-order chi connectivity index (χ1) is 11.7. The van der Waals surface area contributed by atoms with Gasteiger partial charge >= 0.3 is 0 Å². The molecule has 8 heteroatoms. The van der Waals surface area contributed by atoms with E-state index < -0.39 is 0 Å². The van der Waals surface area contributed by atoms with Crippen molar-refractivity contribution in [2.75, 3.05) is 26.7 Å². The predicted octanol–water partition coefficient (Wildman–Crippen LogP) is 3.04. The molecule has 0 bridgehead atoms. The number of carbonyl (C=O) groups is 1. The maximum absolute atomic E-state index is 12.4. The monoisotopic (exact) mass is 416 g/mol. The first-order valence-electron chi connectivity index (χ1n) is 8.32. The molecule has 1 amide bonds. The number of amides is 1. The second-order valence-corrected chi connectivity index (χ2v) is 7.33. The zero-order chi connectivity index (χ0) is 16.9. The molecule has 3 rings (SSSR count). The van der Waals surface area contributed by atoms with E-state index in [1.54, 1.807) is 10.3 Å². The Kier molecular flexibility index (Phi) is 9.54. The molecule has 1 aliphatic heterocycles. The molecule has 0 aliphatic carbocycles. The van der Waals surface area contributed by atoms with Crippen LogP contribution in [0.25, 0.3) is 0 Å². The number of thiazole rings is 1. The molecule has 1 aromatic heterocycles. The van der Waals surface area contributed by atoms with E-state index in [0.717, 1.165) is 37.6 Å². The molecule has 0 spiro atoms. The molecule has 2 heterocycles. The number of carbonyl (C=O) groups excluding carboxylic acids is 1. The van der Waals surface area contributed by atoms with E-state index in [1.807, 2.05) is 13.1 Å². The van der Waals surface area contributed by atoms with Crippen LogP contribution in [0.3, 0.4) is 0 Å². The minimum Gasteiger partial charge on any atom is -0.340 e. The van der Waals surface area contributed by atoms with Crippen LogP contribution in [0.2, 0.25) is 0 Å². The fraction of sp³-hybridized carbons (Fsp3) is 0.444. The summed E-state index contributed by atoms with van der Waals surface area (Å²) in [6, 6.07) is 10.5. The van der Waals surface area contributed by atoms with Gasteiger partial charge in [0.1, 0.15) is 10.7 Å². The van der Waals surface area contributed by atoms with E-state index >= 15 is 0 Å². The number of nitrogens with zero attached hydrogens (tertiary/aromatic N) is 3. The molecule has 1 atom stereocenters. The molecule has 2 N–H and O–H groups in total. The van der Waals surface area contributed by atoms with Gasteiger partial charge in [-0.2, -0.15) is 0 Å². The normalized spacial score (nSPS) is 16.6. The molecule has 2 aromatic rings. The fourth-order valence-corrected chi connectivity index (χ4v) is 3.86. The van der Waals surface area contributed by atoms with Crippen LogP contribution < -0.4 is 5.73 Å². The Morgan fingerprint density at radius 3 is 2.73 bits per heavy atom. The number of hydrogen-bond donors (Lipinski definition) is 1. The molecular weight excluding hydrogens is 391 g/mol. The maximum Gasteiger partial charge on any atom is 0.273 e. The highest BCUT2D eigenvalue weighted by atomic mass is 35.5. The van der Waals surface area contributed by atoms with Crippen LogP contribution >= 0.6 is 36.2 Å². The highest BCUT2D eigenvalue weighted by Crippen LogP contribution is 2.20. The summed E-state index contributed by atoms with van der Waals surface area (Å²) in [5, 5.41) is 2.61. The first kappa shape index (κ1) is 22.9. The van der Waals surface area contributed by atoms with Crippen molar-refractivity contribution in [1.82, 2.24) is 14.8 Å². The first-order valence-corrected chi connectivity index (χ1v) is 9.20. The van der Waals surface area contributed by atoms with Gasteiger partial charge < -0.3 is 10.6 Å². The quantitative estimate of drug-likeness (QED) is 0.785. The number of aromatic nitrogens is 1. The molecule has 1 unspecified atom stereocenters. The Morgan fingerprint density at radius 2 is 2.08 bits per heavy atom. The van der Waals surface area contributed by atoms with Crippen molar-refractivity contribution in [3.05, 3.63) is 52.0 Å². The lowest BCUT2D eigenvalue weighted by Crippen LogP contribution is -2.33. The van der Waals surface area contributed by atoms with Gasteiger partial charge in [0.25, 0.3) is 5.91 Å². The molecule has 1 aromatic carbocycles. The van der Waals surface area contributed by atoms with E-state index in [-0.39, 0.29) is 30.7 Å². The van der Waals surface area contributed by atoms with Crippen LogP contribution in [0, 0.1) is 5.92 Å². The minimum atomic E-state index is -0.00698. The Bertz CT molecular complexity index is 683. The highest BCUT2D eigenvalue weighted by Gasteiger charge is 2.25. The fourth-order valence-electron chi connectivity index (χ4n) is 3.22. The smallest absolute Gasteiger partial charge is 0.273 e. The summed E-state index contributed by atoms with van der Waals surface area (Å²) >= 11 is 1.45. The standard InChI is InChI=1S/C18H24N4OS.2ClH/c1-21(18(23)16-13-24-17(9-19)20-16)10-15-7-8-22(12-15)11-14-5-3-2-4-6-14;;/h2-6,13,15H,7-12,19H2,1H3;2*1H. The van der Waals surface area contributed by atoms with Crippen molar-refractivity contribution < 1.29 is 4.79 Å². The van der Waals surface area contributed by atoms with Crippen molar-refractivity contribution in [2.24, 2.45) is 11.7 Å². The zero-order valence-electron chi connectivity index (χ0n) is 14.8. The van der Waals surface area contributed by atoms with Crippen LogP contribution in [-0.2, 0) is 13.1 Å². The Hall–Kier alpha value is -1.18. The average Bonchev–Trinajstić information content (AvgIpc) is 3.24. The van der Waals surface area contributed by atoms with E-state index in [4.69, 9.17) is 5.73 Å². The van der Waals surface area contributed by atoms with Gasteiger partial charge in [0.15, 0.2) is 0 Å². The van der Waals surface area contributed by atoms with Crippen molar-refractivity contribution in [1.29, 1.82) is 0 Å². The van der Waals surface area contributed by atoms with Gasteiger partial charge in [-0.1, -0.05) is 30.3 Å². The number of hydrogen-bond acceptors (Lipinski definition) is 5. The molecule has 0 saturated carbocycles. The molecular formula is C18H26Cl2N4OS. The van der Waals surface area contributed by atoms with Gasteiger partial charge in [0, 0.05) is 38.6 Å². The highest BCUT2D eigenvalue weighted by molar-refractivity contribution is 7.09. The van der Waals surface area contributed by atoms with Gasteiger partial charge in [-0.25, -0.2) is 4.98 Å².